The van der Waals surface area contributed by atoms with Crippen molar-refractivity contribution in [2.75, 3.05) is 5.32 Å². The first kappa shape index (κ1) is 15.9. The van der Waals surface area contributed by atoms with Gasteiger partial charge in [-0.15, -0.1) is 0 Å². The second kappa shape index (κ2) is 6.53. The van der Waals surface area contributed by atoms with Gasteiger partial charge in [0, 0.05) is 11.0 Å². The third-order valence-corrected chi connectivity index (χ3v) is 5.07. The van der Waals surface area contributed by atoms with Gasteiger partial charge in [-0.2, -0.15) is 8.78 Å². The lowest BCUT2D eigenvalue weighted by Gasteiger charge is -2.13. The van der Waals surface area contributed by atoms with Crippen LogP contribution in [0, 0.1) is 0 Å². The Kier molecular flexibility index (Phi) is 4.95. The summed E-state index contributed by atoms with van der Waals surface area (Å²) in [6, 6.07) is 13.0. The van der Waals surface area contributed by atoms with Gasteiger partial charge in [-0.1, -0.05) is 46.3 Å². The van der Waals surface area contributed by atoms with Crippen molar-refractivity contribution in [3.05, 3.63) is 58.6 Å². The Morgan fingerprint density at radius 3 is 2.33 bits per heavy atom. The number of halogens is 3. The van der Waals surface area contributed by atoms with Crippen molar-refractivity contribution in [2.45, 2.75) is 17.2 Å². The van der Waals surface area contributed by atoms with E-state index < -0.39 is 20.5 Å². The Hall–Kier alpha value is -1.47. The largest absolute Gasteiger partial charge is 0.380 e. The minimum Gasteiger partial charge on any atom is -0.380 e. The lowest BCUT2D eigenvalue weighted by atomic mass is 10.2. The summed E-state index contributed by atoms with van der Waals surface area (Å²) in [7, 11) is -4.63. The summed E-state index contributed by atoms with van der Waals surface area (Å²) in [5, 5.41) is 2.89. The topological polar surface area (TPSA) is 46.2 Å². The molecule has 2 aromatic rings. The molecular formula is C14H12BrF2NO2S. The van der Waals surface area contributed by atoms with Crippen molar-refractivity contribution >= 4 is 31.5 Å². The van der Waals surface area contributed by atoms with E-state index in [2.05, 4.69) is 21.2 Å². The molecule has 0 unspecified atom stereocenters. The van der Waals surface area contributed by atoms with E-state index in [1.807, 2.05) is 24.3 Å². The number of para-hydroxylation sites is 1. The minimum atomic E-state index is -4.63. The first-order valence-electron chi connectivity index (χ1n) is 6.01. The molecule has 0 aromatic heterocycles. The molecule has 0 saturated heterocycles. The van der Waals surface area contributed by atoms with Crippen molar-refractivity contribution < 1.29 is 17.2 Å². The van der Waals surface area contributed by atoms with Gasteiger partial charge in [0.05, 0.1) is 10.6 Å². The summed E-state index contributed by atoms with van der Waals surface area (Å²) >= 11 is 3.37. The zero-order valence-electron chi connectivity index (χ0n) is 10.8. The molecule has 0 spiro atoms. The maximum absolute atomic E-state index is 12.7. The van der Waals surface area contributed by atoms with Crippen LogP contribution in [0.1, 0.15) is 5.56 Å². The van der Waals surface area contributed by atoms with Gasteiger partial charge in [0.25, 0.3) is 0 Å². The number of alkyl halides is 2. The van der Waals surface area contributed by atoms with Crippen LogP contribution in [-0.4, -0.2) is 14.2 Å². The Labute approximate surface area is 130 Å². The molecule has 2 aromatic carbocycles. The van der Waals surface area contributed by atoms with Gasteiger partial charge in [-0.05, 0) is 23.8 Å². The molecule has 0 radical (unpaired) electrons. The van der Waals surface area contributed by atoms with Crippen LogP contribution in [0.4, 0.5) is 14.5 Å². The predicted octanol–water partition coefficient (Wildman–Crippen LogP) is 4.06. The van der Waals surface area contributed by atoms with E-state index >= 15 is 0 Å². The van der Waals surface area contributed by atoms with Gasteiger partial charge in [0.1, 0.15) is 0 Å². The molecule has 2 rings (SSSR count). The quantitative estimate of drug-likeness (QED) is 0.856. The van der Waals surface area contributed by atoms with Gasteiger partial charge < -0.3 is 5.32 Å². The van der Waals surface area contributed by atoms with E-state index in [-0.39, 0.29) is 5.69 Å². The van der Waals surface area contributed by atoms with E-state index in [0.29, 0.717) is 6.54 Å². The molecular weight excluding hydrogens is 364 g/mol. The molecule has 0 atom stereocenters. The van der Waals surface area contributed by atoms with E-state index in [1.54, 1.807) is 6.07 Å². The first-order valence-corrected chi connectivity index (χ1v) is 8.35. The lowest BCUT2D eigenvalue weighted by molar-refractivity contribution is 0.235. The van der Waals surface area contributed by atoms with Crippen molar-refractivity contribution in [3.8, 4) is 0 Å². The highest BCUT2D eigenvalue weighted by Crippen LogP contribution is 2.27. The number of anilines is 1. The van der Waals surface area contributed by atoms with Crippen molar-refractivity contribution in [1.29, 1.82) is 0 Å². The van der Waals surface area contributed by atoms with Crippen LogP contribution in [0.15, 0.2) is 57.9 Å². The van der Waals surface area contributed by atoms with Crippen molar-refractivity contribution in [1.82, 2.24) is 0 Å². The molecule has 0 heterocycles. The lowest BCUT2D eigenvalue weighted by Crippen LogP contribution is -2.14. The molecule has 7 heteroatoms. The Morgan fingerprint density at radius 1 is 1.05 bits per heavy atom. The van der Waals surface area contributed by atoms with Crippen molar-refractivity contribution in [2.24, 2.45) is 0 Å². The highest BCUT2D eigenvalue weighted by molar-refractivity contribution is 9.10. The summed E-state index contributed by atoms with van der Waals surface area (Å²) in [4.78, 5) is -0.396. The first-order chi connectivity index (χ1) is 9.93. The third-order valence-electron chi connectivity index (χ3n) is 2.86. The monoisotopic (exact) mass is 375 g/mol. The van der Waals surface area contributed by atoms with Crippen LogP contribution in [0.3, 0.4) is 0 Å². The van der Waals surface area contributed by atoms with Gasteiger partial charge >= 0.3 is 5.76 Å². The summed E-state index contributed by atoms with van der Waals surface area (Å²) in [5.74, 6) is -3.44. The van der Waals surface area contributed by atoms with Gasteiger partial charge in [-0.25, -0.2) is 8.42 Å². The van der Waals surface area contributed by atoms with E-state index in [0.717, 1.165) is 10.0 Å². The van der Waals surface area contributed by atoms with Crippen LogP contribution in [0.25, 0.3) is 0 Å². The molecule has 0 amide bonds. The fourth-order valence-electron chi connectivity index (χ4n) is 1.79. The number of benzene rings is 2. The standard InChI is InChI=1S/C14H12BrF2NO2S/c15-11-6-2-1-5-10(11)9-18-12-7-3-4-8-13(12)21(19,20)14(16)17/h1-8,14,18H,9H2. The smallest absolute Gasteiger partial charge is 0.341 e. The fraction of sp³-hybridized carbons (Fsp3) is 0.143. The van der Waals surface area contributed by atoms with Crippen LogP contribution < -0.4 is 5.32 Å². The average molecular weight is 376 g/mol. The highest BCUT2D eigenvalue weighted by Gasteiger charge is 2.28. The normalized spacial score (nSPS) is 11.6. The SMILES string of the molecule is O=S(=O)(c1ccccc1NCc1ccccc1Br)C(F)F. The Bertz CT molecular complexity index is 735. The summed E-state index contributed by atoms with van der Waals surface area (Å²) in [5.41, 5.74) is 1.05. The molecule has 112 valence electrons. The summed E-state index contributed by atoms with van der Waals surface area (Å²) in [6.07, 6.45) is 0. The summed E-state index contributed by atoms with van der Waals surface area (Å²) in [6.45, 7) is 0.317. The number of hydrogen-bond donors (Lipinski definition) is 1. The van der Waals surface area contributed by atoms with Crippen LogP contribution >= 0.6 is 15.9 Å². The second-order valence-corrected chi connectivity index (χ2v) is 6.99. The van der Waals surface area contributed by atoms with Gasteiger partial charge in [0.2, 0.25) is 9.84 Å². The highest BCUT2D eigenvalue weighted by atomic mass is 79.9. The number of sulfone groups is 1. The maximum atomic E-state index is 12.7. The van der Waals surface area contributed by atoms with Crippen molar-refractivity contribution in [3.63, 3.8) is 0 Å². The molecule has 0 aliphatic heterocycles. The molecule has 3 nitrogen and oxygen atoms in total. The number of rotatable bonds is 5. The van der Waals surface area contributed by atoms with Crippen LogP contribution in [-0.2, 0) is 16.4 Å². The van der Waals surface area contributed by atoms with E-state index in [1.165, 1.54) is 18.2 Å². The Balaban J connectivity index is 2.28. The zero-order chi connectivity index (χ0) is 15.5. The molecule has 0 aliphatic rings. The molecule has 0 aliphatic carbocycles. The number of hydrogen-bond acceptors (Lipinski definition) is 3. The Morgan fingerprint density at radius 2 is 1.67 bits per heavy atom. The minimum absolute atomic E-state index is 0.161. The molecule has 21 heavy (non-hydrogen) atoms. The van der Waals surface area contributed by atoms with Gasteiger partial charge in [0.15, 0.2) is 0 Å². The molecule has 0 fully saturated rings. The number of nitrogens with one attached hydrogen (secondary N) is 1. The second-order valence-electron chi connectivity index (χ2n) is 4.25. The average Bonchev–Trinajstić information content (AvgIpc) is 2.46. The molecule has 1 N–H and O–H groups in total. The zero-order valence-corrected chi connectivity index (χ0v) is 13.2. The predicted molar refractivity (Wildman–Crippen MR) is 81.1 cm³/mol. The molecule has 0 bridgehead atoms. The summed E-state index contributed by atoms with van der Waals surface area (Å²) < 4.78 is 49.5. The molecule has 0 saturated carbocycles. The van der Waals surface area contributed by atoms with Gasteiger partial charge in [-0.3, -0.25) is 0 Å². The van der Waals surface area contributed by atoms with Crippen LogP contribution in [0.2, 0.25) is 0 Å². The fourth-order valence-corrected chi connectivity index (χ4v) is 3.12. The third kappa shape index (κ3) is 3.59. The van der Waals surface area contributed by atoms with Crippen LogP contribution in [0.5, 0.6) is 0 Å². The maximum Gasteiger partial charge on any atom is 0.341 e. The van der Waals surface area contributed by atoms with E-state index in [9.17, 15) is 17.2 Å². The van der Waals surface area contributed by atoms with E-state index in [4.69, 9.17) is 0 Å².